The molecule has 1 aromatic carbocycles. The number of rotatable bonds is 4. The van der Waals surface area contributed by atoms with Crippen LogP contribution in [0, 0.1) is 11.3 Å². The first-order valence-electron chi connectivity index (χ1n) is 7.65. The van der Waals surface area contributed by atoms with Crippen molar-refractivity contribution in [2.24, 2.45) is 0 Å². The van der Waals surface area contributed by atoms with E-state index in [1.165, 1.54) is 0 Å². The van der Waals surface area contributed by atoms with Crippen molar-refractivity contribution in [2.75, 3.05) is 18.0 Å². The number of hydrogen-bond donors (Lipinski definition) is 2. The monoisotopic (exact) mass is 287 g/mol. The Hall–Kier alpha value is -1.57. The zero-order valence-corrected chi connectivity index (χ0v) is 13.2. The lowest BCUT2D eigenvalue weighted by Gasteiger charge is -2.37. The van der Waals surface area contributed by atoms with Crippen LogP contribution < -0.4 is 10.2 Å². The molecule has 1 aliphatic rings. The van der Waals surface area contributed by atoms with Crippen LogP contribution in [0.3, 0.4) is 0 Å². The lowest BCUT2D eigenvalue weighted by molar-refractivity contribution is 0.0351. The van der Waals surface area contributed by atoms with Gasteiger partial charge in [-0.1, -0.05) is 19.9 Å². The minimum Gasteiger partial charge on any atom is -0.390 e. The second-order valence-electron chi connectivity index (χ2n) is 6.48. The maximum absolute atomic E-state index is 10.0. The van der Waals surface area contributed by atoms with Crippen molar-refractivity contribution >= 4 is 5.69 Å². The number of hydrogen-bond acceptors (Lipinski definition) is 4. The number of nitrogens with one attached hydrogen (secondary N) is 1. The van der Waals surface area contributed by atoms with Crippen molar-refractivity contribution in [1.82, 2.24) is 5.32 Å². The summed E-state index contributed by atoms with van der Waals surface area (Å²) in [5.41, 5.74) is 2.28. The molecule has 0 bridgehead atoms. The van der Waals surface area contributed by atoms with Crippen molar-refractivity contribution in [3.05, 3.63) is 29.3 Å². The second-order valence-corrected chi connectivity index (χ2v) is 6.48. The smallest absolute Gasteiger partial charge is 0.101 e. The van der Waals surface area contributed by atoms with E-state index in [2.05, 4.69) is 36.2 Å². The van der Waals surface area contributed by atoms with Crippen LogP contribution in [-0.2, 0) is 6.54 Å². The highest BCUT2D eigenvalue weighted by Gasteiger charge is 2.28. The predicted molar refractivity (Wildman–Crippen MR) is 85.2 cm³/mol. The molecular weight excluding hydrogens is 262 g/mol. The molecular formula is C17H25N3O. The summed E-state index contributed by atoms with van der Waals surface area (Å²) < 4.78 is 0. The normalized spacial score (nSPS) is 17.8. The summed E-state index contributed by atoms with van der Waals surface area (Å²) in [5, 5.41) is 22.8. The molecule has 0 amide bonds. The molecule has 0 aromatic heterocycles. The van der Waals surface area contributed by atoms with Gasteiger partial charge in [-0.2, -0.15) is 5.26 Å². The molecule has 0 saturated carbocycles. The fourth-order valence-corrected chi connectivity index (χ4v) is 2.61. The van der Waals surface area contributed by atoms with Crippen molar-refractivity contribution in [3.8, 4) is 6.07 Å². The van der Waals surface area contributed by atoms with Crippen LogP contribution in [0.1, 0.15) is 44.7 Å². The van der Waals surface area contributed by atoms with Crippen molar-refractivity contribution < 1.29 is 5.11 Å². The van der Waals surface area contributed by atoms with Crippen molar-refractivity contribution in [3.63, 3.8) is 0 Å². The highest BCUT2D eigenvalue weighted by molar-refractivity contribution is 5.60. The fourth-order valence-electron chi connectivity index (χ4n) is 2.61. The van der Waals surface area contributed by atoms with Crippen LogP contribution in [0.25, 0.3) is 0 Å². The average Bonchev–Trinajstić information content (AvgIpc) is 2.45. The van der Waals surface area contributed by atoms with Gasteiger partial charge in [-0.05, 0) is 37.5 Å². The first-order valence-corrected chi connectivity index (χ1v) is 7.65. The van der Waals surface area contributed by atoms with E-state index in [9.17, 15) is 10.4 Å². The molecule has 0 atom stereocenters. The lowest BCUT2D eigenvalue weighted by Crippen LogP contribution is -2.42. The number of anilines is 1. The van der Waals surface area contributed by atoms with E-state index in [1.807, 2.05) is 19.1 Å². The Kier molecular flexibility index (Phi) is 4.87. The second kappa shape index (κ2) is 6.46. The maximum atomic E-state index is 10.0. The van der Waals surface area contributed by atoms with E-state index in [0.717, 1.165) is 49.3 Å². The van der Waals surface area contributed by atoms with Gasteiger partial charge in [-0.25, -0.2) is 0 Å². The lowest BCUT2D eigenvalue weighted by atomic mass is 9.93. The molecule has 1 aromatic rings. The number of piperidine rings is 1. The Morgan fingerprint density at radius 3 is 2.62 bits per heavy atom. The standard InChI is InChI=1S/C17H25N3O/c1-13(2)19-12-14-4-5-16(15(10-14)11-18)20-8-6-17(3,21)7-9-20/h4-5,10,13,19,21H,6-9,12H2,1-3H3. The third-order valence-electron chi connectivity index (χ3n) is 4.08. The Bertz CT molecular complexity index is 521. The van der Waals surface area contributed by atoms with E-state index in [4.69, 9.17) is 0 Å². The summed E-state index contributed by atoms with van der Waals surface area (Å²) in [6.07, 6.45) is 1.49. The Morgan fingerprint density at radius 1 is 1.38 bits per heavy atom. The molecule has 0 unspecified atom stereocenters. The number of nitrogens with zero attached hydrogens (tertiary/aromatic N) is 2. The van der Waals surface area contributed by atoms with Crippen LogP contribution in [0.2, 0.25) is 0 Å². The van der Waals surface area contributed by atoms with Gasteiger partial charge in [0.15, 0.2) is 0 Å². The van der Waals surface area contributed by atoms with E-state index in [-0.39, 0.29) is 0 Å². The highest BCUT2D eigenvalue weighted by Crippen LogP contribution is 2.28. The molecule has 0 radical (unpaired) electrons. The molecule has 2 N–H and O–H groups in total. The third kappa shape index (κ3) is 4.20. The van der Waals surface area contributed by atoms with Gasteiger partial charge in [0.1, 0.15) is 6.07 Å². The van der Waals surface area contributed by atoms with E-state index < -0.39 is 5.60 Å². The molecule has 4 nitrogen and oxygen atoms in total. The summed E-state index contributed by atoms with van der Waals surface area (Å²) in [6.45, 7) is 8.48. The van der Waals surface area contributed by atoms with Crippen molar-refractivity contribution in [2.45, 2.75) is 51.8 Å². The van der Waals surface area contributed by atoms with Gasteiger partial charge in [0.2, 0.25) is 0 Å². The molecule has 0 aliphatic carbocycles. The summed E-state index contributed by atoms with van der Waals surface area (Å²) >= 11 is 0. The molecule has 1 fully saturated rings. The van der Waals surface area contributed by atoms with Gasteiger partial charge in [-0.3, -0.25) is 0 Å². The van der Waals surface area contributed by atoms with E-state index >= 15 is 0 Å². The van der Waals surface area contributed by atoms with Crippen molar-refractivity contribution in [1.29, 1.82) is 5.26 Å². The maximum Gasteiger partial charge on any atom is 0.101 e. The van der Waals surface area contributed by atoms with E-state index in [0.29, 0.717) is 6.04 Å². The molecule has 1 saturated heterocycles. The molecule has 0 spiro atoms. The Balaban J connectivity index is 2.12. The summed E-state index contributed by atoms with van der Waals surface area (Å²) in [7, 11) is 0. The highest BCUT2D eigenvalue weighted by atomic mass is 16.3. The Morgan fingerprint density at radius 2 is 2.05 bits per heavy atom. The van der Waals surface area contributed by atoms with Crippen LogP contribution in [0.4, 0.5) is 5.69 Å². The zero-order chi connectivity index (χ0) is 15.5. The minimum absolute atomic E-state index is 0.430. The first kappa shape index (κ1) is 15.8. The van der Waals surface area contributed by atoms with Gasteiger partial charge in [-0.15, -0.1) is 0 Å². The molecule has 21 heavy (non-hydrogen) atoms. The largest absolute Gasteiger partial charge is 0.390 e. The van der Waals surface area contributed by atoms with E-state index in [1.54, 1.807) is 0 Å². The van der Waals surface area contributed by atoms with Crippen LogP contribution >= 0.6 is 0 Å². The van der Waals surface area contributed by atoms with Gasteiger partial charge >= 0.3 is 0 Å². The molecule has 114 valence electrons. The Labute approximate surface area is 127 Å². The number of aliphatic hydroxyl groups is 1. The molecule has 1 aliphatic heterocycles. The molecule has 2 rings (SSSR count). The fraction of sp³-hybridized carbons (Fsp3) is 0.588. The summed E-state index contributed by atoms with van der Waals surface area (Å²) in [6, 6.07) is 8.83. The van der Waals surface area contributed by atoms with Crippen LogP contribution in [0.5, 0.6) is 0 Å². The van der Waals surface area contributed by atoms with Gasteiger partial charge in [0.05, 0.1) is 16.9 Å². The zero-order valence-electron chi connectivity index (χ0n) is 13.2. The first-order chi connectivity index (χ1) is 9.91. The van der Waals surface area contributed by atoms with Crippen LogP contribution in [-0.4, -0.2) is 29.8 Å². The molecule has 1 heterocycles. The SMILES string of the molecule is CC(C)NCc1ccc(N2CCC(C)(O)CC2)c(C#N)c1. The number of nitriles is 1. The quantitative estimate of drug-likeness (QED) is 0.893. The topological polar surface area (TPSA) is 59.3 Å². The summed E-state index contributed by atoms with van der Waals surface area (Å²) in [4.78, 5) is 2.20. The number of benzene rings is 1. The van der Waals surface area contributed by atoms with Crippen LogP contribution in [0.15, 0.2) is 18.2 Å². The van der Waals surface area contributed by atoms with Gasteiger partial charge in [0, 0.05) is 25.7 Å². The predicted octanol–water partition coefficient (Wildman–Crippen LogP) is 2.41. The minimum atomic E-state index is -0.565. The van der Waals surface area contributed by atoms with Gasteiger partial charge in [0.25, 0.3) is 0 Å². The average molecular weight is 287 g/mol. The summed E-state index contributed by atoms with van der Waals surface area (Å²) in [5.74, 6) is 0. The molecule has 4 heteroatoms. The third-order valence-corrected chi connectivity index (χ3v) is 4.08. The van der Waals surface area contributed by atoms with Gasteiger partial charge < -0.3 is 15.3 Å².